The molecule has 4 heterocycles. The molecule has 1 aromatic carbocycles. The second kappa shape index (κ2) is 8.48. The van der Waals surface area contributed by atoms with Gasteiger partial charge < -0.3 is 34.7 Å². The summed E-state index contributed by atoms with van der Waals surface area (Å²) in [5.41, 5.74) is -0.0510. The first-order chi connectivity index (χ1) is 17.2. The number of pyridine rings is 1. The van der Waals surface area contributed by atoms with E-state index in [1.807, 2.05) is 0 Å². The predicted molar refractivity (Wildman–Crippen MR) is 126 cm³/mol. The van der Waals surface area contributed by atoms with Crippen LogP contribution in [0.25, 0.3) is 17.0 Å². The summed E-state index contributed by atoms with van der Waals surface area (Å²) >= 11 is 0. The molecule has 0 bridgehead atoms. The number of nitrogens with one attached hydrogen (secondary N) is 2. The lowest BCUT2D eigenvalue weighted by Crippen LogP contribution is -2.48. The van der Waals surface area contributed by atoms with Gasteiger partial charge in [0, 0.05) is 30.5 Å². The van der Waals surface area contributed by atoms with Gasteiger partial charge in [0.1, 0.15) is 13.5 Å². The molecular weight excluding hydrogens is 471 g/mol. The Morgan fingerprint density at radius 1 is 1.28 bits per heavy atom. The van der Waals surface area contributed by atoms with Gasteiger partial charge in [0.15, 0.2) is 17.1 Å². The summed E-state index contributed by atoms with van der Waals surface area (Å²) in [5.74, 6) is -1.53. The average molecular weight is 490 g/mol. The van der Waals surface area contributed by atoms with Crippen LogP contribution < -0.4 is 16.3 Å². The molecule has 5 rings (SSSR count). The van der Waals surface area contributed by atoms with Crippen LogP contribution in [0.2, 0.25) is 0 Å². The van der Waals surface area contributed by atoms with Crippen molar-refractivity contribution in [3.05, 3.63) is 51.9 Å². The fourth-order valence-corrected chi connectivity index (χ4v) is 3.91. The fraction of sp³-hybridized carbons (Fsp3) is 0.227. The standard InChI is InChI=1S/C22H19BN6O7/c1-9-3-4-10(17-26-20(36-27-17)11-7-28(8-11)22(34)35-2)5-12(9)25-19(32)13-6-24-18-15(30)14(23)16(31)21(33)29(13)18/h3-6,11,24,30-31H,7-8H2,1-2H3,(H,25,32). The van der Waals surface area contributed by atoms with Gasteiger partial charge in [-0.3, -0.25) is 9.59 Å². The fourth-order valence-electron chi connectivity index (χ4n) is 3.91. The lowest BCUT2D eigenvalue weighted by Gasteiger charge is -2.35. The van der Waals surface area contributed by atoms with Crippen LogP contribution in [0.4, 0.5) is 10.5 Å². The number of fused-ring (bicyclic) bond motifs is 1. The Morgan fingerprint density at radius 2 is 2.03 bits per heavy atom. The van der Waals surface area contributed by atoms with E-state index in [1.54, 1.807) is 25.1 Å². The molecule has 1 aliphatic rings. The molecule has 1 fully saturated rings. The Kier molecular flexibility index (Phi) is 5.42. The third-order valence-electron chi connectivity index (χ3n) is 6.03. The minimum absolute atomic E-state index is 0.1000. The number of nitrogens with zero attached hydrogens (tertiary/aromatic N) is 4. The Bertz CT molecular complexity index is 1580. The lowest BCUT2D eigenvalue weighted by molar-refractivity contribution is 0.0804. The molecular formula is C22H19BN6O7. The third kappa shape index (κ3) is 3.63. The van der Waals surface area contributed by atoms with Crippen molar-refractivity contribution in [3.8, 4) is 22.9 Å². The number of likely N-dealkylation sites (tertiary alicyclic amines) is 1. The van der Waals surface area contributed by atoms with Gasteiger partial charge in [0.05, 0.1) is 13.0 Å². The Morgan fingerprint density at radius 3 is 2.75 bits per heavy atom. The molecule has 1 saturated heterocycles. The number of H-pyrrole nitrogens is 1. The summed E-state index contributed by atoms with van der Waals surface area (Å²) in [6.07, 6.45) is 0.794. The van der Waals surface area contributed by atoms with Gasteiger partial charge in [-0.1, -0.05) is 17.3 Å². The molecule has 4 N–H and O–H groups in total. The van der Waals surface area contributed by atoms with E-state index in [0.717, 1.165) is 4.40 Å². The van der Waals surface area contributed by atoms with Crippen LogP contribution in [0.15, 0.2) is 33.7 Å². The topological polar surface area (TPSA) is 175 Å². The number of hydrogen-bond acceptors (Lipinski definition) is 9. The zero-order valence-electron chi connectivity index (χ0n) is 19.1. The Labute approximate surface area is 203 Å². The van der Waals surface area contributed by atoms with Gasteiger partial charge >= 0.3 is 6.09 Å². The third-order valence-corrected chi connectivity index (χ3v) is 6.03. The number of benzene rings is 1. The first-order valence-electron chi connectivity index (χ1n) is 10.7. The van der Waals surface area contributed by atoms with E-state index in [9.17, 15) is 24.6 Å². The molecule has 13 nitrogen and oxygen atoms in total. The Hall–Kier alpha value is -4.75. The summed E-state index contributed by atoms with van der Waals surface area (Å²) in [7, 11) is 6.85. The lowest BCUT2D eigenvalue weighted by atomic mass is 9.95. The highest BCUT2D eigenvalue weighted by Gasteiger charge is 2.36. The maximum absolute atomic E-state index is 13.0. The summed E-state index contributed by atoms with van der Waals surface area (Å²) in [5, 5.41) is 26.8. The molecule has 2 amide bonds. The average Bonchev–Trinajstić information content (AvgIpc) is 3.50. The molecule has 0 aliphatic carbocycles. The van der Waals surface area contributed by atoms with E-state index in [-0.39, 0.29) is 17.3 Å². The van der Waals surface area contributed by atoms with Gasteiger partial charge in [0.25, 0.3) is 11.5 Å². The van der Waals surface area contributed by atoms with Crippen molar-refractivity contribution >= 4 is 36.6 Å². The largest absolute Gasteiger partial charge is 0.505 e. The predicted octanol–water partition coefficient (Wildman–Crippen LogP) is 0.609. The van der Waals surface area contributed by atoms with Gasteiger partial charge in [-0.25, -0.2) is 9.20 Å². The number of carbonyl (C=O) groups excluding carboxylic acids is 2. The molecule has 0 spiro atoms. The van der Waals surface area contributed by atoms with E-state index >= 15 is 0 Å². The van der Waals surface area contributed by atoms with Gasteiger partial charge in [-0.15, -0.1) is 0 Å². The highest BCUT2D eigenvalue weighted by atomic mass is 16.5. The maximum atomic E-state index is 13.0. The molecule has 1 aliphatic heterocycles. The van der Waals surface area contributed by atoms with Crippen molar-refractivity contribution in [1.82, 2.24) is 24.4 Å². The van der Waals surface area contributed by atoms with Crippen molar-refractivity contribution in [3.63, 3.8) is 0 Å². The highest BCUT2D eigenvalue weighted by Crippen LogP contribution is 2.29. The summed E-state index contributed by atoms with van der Waals surface area (Å²) < 4.78 is 10.9. The zero-order valence-corrected chi connectivity index (χ0v) is 19.1. The molecule has 4 aromatic rings. The zero-order chi connectivity index (χ0) is 25.7. The number of ether oxygens (including phenoxy) is 1. The molecule has 2 radical (unpaired) electrons. The van der Waals surface area contributed by atoms with Gasteiger partial charge in [0.2, 0.25) is 11.7 Å². The smallest absolute Gasteiger partial charge is 0.409 e. The van der Waals surface area contributed by atoms with Crippen molar-refractivity contribution < 1.29 is 29.1 Å². The van der Waals surface area contributed by atoms with E-state index < -0.39 is 34.5 Å². The van der Waals surface area contributed by atoms with Crippen LogP contribution in [-0.2, 0) is 4.74 Å². The minimum atomic E-state index is -0.960. The number of amides is 2. The van der Waals surface area contributed by atoms with Crippen molar-refractivity contribution in [2.45, 2.75) is 12.8 Å². The minimum Gasteiger partial charge on any atom is -0.505 e. The van der Waals surface area contributed by atoms with E-state index in [1.165, 1.54) is 18.2 Å². The second-order valence-corrected chi connectivity index (χ2v) is 8.29. The summed E-state index contributed by atoms with van der Waals surface area (Å²) in [6, 6.07) is 5.16. The van der Waals surface area contributed by atoms with Crippen LogP contribution in [0.1, 0.15) is 27.9 Å². The molecule has 14 heteroatoms. The molecule has 182 valence electrons. The van der Waals surface area contributed by atoms with Crippen LogP contribution in [0, 0.1) is 6.92 Å². The van der Waals surface area contributed by atoms with Gasteiger partial charge in [-0.2, -0.15) is 4.98 Å². The highest BCUT2D eigenvalue weighted by molar-refractivity contribution is 6.36. The van der Waals surface area contributed by atoms with Crippen molar-refractivity contribution in [2.24, 2.45) is 0 Å². The molecule has 3 aromatic heterocycles. The summed E-state index contributed by atoms with van der Waals surface area (Å²) in [4.78, 5) is 45.6. The number of hydrogen-bond donors (Lipinski definition) is 4. The van der Waals surface area contributed by atoms with Crippen LogP contribution in [-0.4, -0.2) is 74.7 Å². The number of carbonyl (C=O) groups is 2. The quantitative estimate of drug-likeness (QED) is 0.299. The van der Waals surface area contributed by atoms with Crippen LogP contribution in [0.5, 0.6) is 11.5 Å². The SMILES string of the molecule is [B]c1c(O)c(=O)n2c(C(=O)Nc3cc(-c4noc(C5CN(C(=O)OC)C5)n4)ccc3C)c[nH]c2c1O. The maximum Gasteiger partial charge on any atom is 0.409 e. The number of aromatic hydroxyl groups is 2. The number of imidazole rings is 1. The normalized spacial score (nSPS) is 13.6. The summed E-state index contributed by atoms with van der Waals surface area (Å²) in [6.45, 7) is 2.59. The van der Waals surface area contributed by atoms with Crippen molar-refractivity contribution in [1.29, 1.82) is 0 Å². The van der Waals surface area contributed by atoms with Crippen molar-refractivity contribution in [2.75, 3.05) is 25.5 Å². The van der Waals surface area contributed by atoms with E-state index in [2.05, 4.69) is 25.2 Å². The molecule has 0 unspecified atom stereocenters. The monoisotopic (exact) mass is 490 g/mol. The van der Waals surface area contributed by atoms with Crippen LogP contribution in [0.3, 0.4) is 0 Å². The first kappa shape index (κ1) is 23.0. The molecule has 0 atom stereocenters. The number of aromatic nitrogens is 4. The van der Waals surface area contributed by atoms with E-state index in [0.29, 0.717) is 41.6 Å². The van der Waals surface area contributed by atoms with E-state index in [4.69, 9.17) is 12.4 Å². The number of aromatic amines is 1. The number of rotatable bonds is 4. The first-order valence-corrected chi connectivity index (χ1v) is 10.7. The molecule has 0 saturated carbocycles. The number of aryl methyl sites for hydroxylation is 1. The van der Waals surface area contributed by atoms with Gasteiger partial charge in [-0.05, 0) is 24.0 Å². The molecule has 36 heavy (non-hydrogen) atoms. The number of anilines is 1. The second-order valence-electron chi connectivity index (χ2n) is 8.29. The Balaban J connectivity index is 1.39. The van der Waals surface area contributed by atoms with Crippen LogP contribution >= 0.6 is 0 Å². The number of methoxy groups -OCH3 is 1.